The van der Waals surface area contributed by atoms with E-state index in [-0.39, 0.29) is 35.3 Å². The Bertz CT molecular complexity index is 1300. The minimum atomic E-state index is -0.372. The van der Waals surface area contributed by atoms with Gasteiger partial charge in [-0.2, -0.15) is 4.98 Å². The Balaban J connectivity index is 1.51. The number of carbonyl (C=O) groups is 1. The largest absolute Gasteiger partial charge is 0.463 e. The van der Waals surface area contributed by atoms with Crippen LogP contribution in [0.25, 0.3) is 11.2 Å². The third kappa shape index (κ3) is 5.75. The minimum Gasteiger partial charge on any atom is -0.463 e. The van der Waals surface area contributed by atoms with Crippen LogP contribution in [0.5, 0.6) is 0 Å². The van der Waals surface area contributed by atoms with Crippen molar-refractivity contribution in [2.75, 3.05) is 37.6 Å². The van der Waals surface area contributed by atoms with Gasteiger partial charge in [0, 0.05) is 32.7 Å². The quantitative estimate of drug-likeness (QED) is 0.401. The van der Waals surface area contributed by atoms with Crippen LogP contribution in [0.1, 0.15) is 46.5 Å². The van der Waals surface area contributed by atoms with Crippen molar-refractivity contribution in [3.8, 4) is 11.8 Å². The first-order valence-electron chi connectivity index (χ1n) is 13.2. The van der Waals surface area contributed by atoms with Gasteiger partial charge in [0.1, 0.15) is 0 Å². The summed E-state index contributed by atoms with van der Waals surface area (Å²) in [5.74, 6) is 6.41. The van der Waals surface area contributed by atoms with E-state index in [1.165, 1.54) is 9.13 Å². The number of anilines is 1. The molecule has 0 aromatic carbocycles. The van der Waals surface area contributed by atoms with Crippen molar-refractivity contribution in [1.29, 1.82) is 0 Å². The van der Waals surface area contributed by atoms with Crippen LogP contribution in [-0.2, 0) is 29.7 Å². The van der Waals surface area contributed by atoms with Crippen LogP contribution < -0.4 is 21.9 Å². The maximum Gasteiger partial charge on any atom is 0.332 e. The van der Waals surface area contributed by atoms with Crippen LogP contribution in [-0.4, -0.2) is 74.4 Å². The van der Waals surface area contributed by atoms with E-state index in [1.54, 1.807) is 14.0 Å². The van der Waals surface area contributed by atoms with Gasteiger partial charge in [0.15, 0.2) is 11.2 Å². The van der Waals surface area contributed by atoms with E-state index in [1.807, 2.05) is 18.4 Å². The first-order valence-corrected chi connectivity index (χ1v) is 13.2. The van der Waals surface area contributed by atoms with Crippen molar-refractivity contribution < 1.29 is 9.53 Å². The maximum atomic E-state index is 13.6. The lowest BCUT2D eigenvalue weighted by Crippen LogP contribution is -2.41. The number of esters is 1. The number of nitrogens with zero attached hydrogens (tertiary/aromatic N) is 6. The Kier molecular flexibility index (Phi) is 8.39. The average Bonchev–Trinajstić information content (AvgIpc) is 3.47. The van der Waals surface area contributed by atoms with Crippen molar-refractivity contribution in [3.05, 3.63) is 20.8 Å². The highest BCUT2D eigenvalue weighted by Gasteiger charge is 2.28. The molecule has 0 bridgehead atoms. The summed E-state index contributed by atoms with van der Waals surface area (Å²) in [7, 11) is 1.66. The summed E-state index contributed by atoms with van der Waals surface area (Å²) >= 11 is 0. The number of fused-ring (bicyclic) bond motifs is 1. The molecule has 2 aromatic heterocycles. The molecule has 37 heavy (non-hydrogen) atoms. The Morgan fingerprint density at radius 2 is 1.86 bits per heavy atom. The highest BCUT2D eigenvalue weighted by molar-refractivity contribution is 5.75. The van der Waals surface area contributed by atoms with Gasteiger partial charge in [0.2, 0.25) is 5.95 Å². The van der Waals surface area contributed by atoms with Gasteiger partial charge in [0.25, 0.3) is 5.56 Å². The van der Waals surface area contributed by atoms with Gasteiger partial charge >= 0.3 is 11.7 Å². The molecule has 2 aromatic rings. The van der Waals surface area contributed by atoms with Gasteiger partial charge in [-0.05, 0) is 66.1 Å². The Morgan fingerprint density at radius 1 is 1.14 bits per heavy atom. The van der Waals surface area contributed by atoms with Crippen LogP contribution >= 0.6 is 0 Å². The van der Waals surface area contributed by atoms with Gasteiger partial charge in [-0.25, -0.2) is 4.79 Å². The Labute approximate surface area is 217 Å². The smallest absolute Gasteiger partial charge is 0.332 e. The Morgan fingerprint density at radius 3 is 2.49 bits per heavy atom. The van der Waals surface area contributed by atoms with Crippen LogP contribution in [0.2, 0.25) is 0 Å². The summed E-state index contributed by atoms with van der Waals surface area (Å²) in [5.41, 5.74) is 6.17. The van der Waals surface area contributed by atoms with Crippen molar-refractivity contribution >= 4 is 23.1 Å². The van der Waals surface area contributed by atoms with E-state index in [4.69, 9.17) is 15.5 Å². The summed E-state index contributed by atoms with van der Waals surface area (Å²) in [4.78, 5) is 48.0. The zero-order chi connectivity index (χ0) is 26.7. The van der Waals surface area contributed by atoms with E-state index >= 15 is 0 Å². The van der Waals surface area contributed by atoms with Crippen molar-refractivity contribution in [2.24, 2.45) is 18.7 Å². The number of rotatable bonds is 8. The van der Waals surface area contributed by atoms with E-state index in [2.05, 4.69) is 21.6 Å². The summed E-state index contributed by atoms with van der Waals surface area (Å²) in [5, 5.41) is 0. The predicted molar refractivity (Wildman–Crippen MR) is 142 cm³/mol. The zero-order valence-electron chi connectivity index (χ0n) is 22.4. The third-order valence-electron chi connectivity index (χ3n) is 7.26. The lowest BCUT2D eigenvalue weighted by molar-refractivity contribution is -0.154. The summed E-state index contributed by atoms with van der Waals surface area (Å²) in [6, 6.07) is 0.0527. The molecule has 4 heterocycles. The normalized spacial score (nSPS) is 19.0. The van der Waals surface area contributed by atoms with Gasteiger partial charge in [0.05, 0.1) is 18.6 Å². The van der Waals surface area contributed by atoms with Crippen LogP contribution in [0, 0.1) is 17.8 Å². The van der Waals surface area contributed by atoms with E-state index < -0.39 is 0 Å². The highest BCUT2D eigenvalue weighted by atomic mass is 16.5. The summed E-state index contributed by atoms with van der Waals surface area (Å²) in [6.07, 6.45) is 2.93. The van der Waals surface area contributed by atoms with E-state index in [9.17, 15) is 14.4 Å². The van der Waals surface area contributed by atoms with E-state index in [0.29, 0.717) is 43.2 Å². The fourth-order valence-corrected chi connectivity index (χ4v) is 5.25. The first-order chi connectivity index (χ1) is 17.7. The highest BCUT2D eigenvalue weighted by Crippen LogP contribution is 2.23. The Hall–Kier alpha value is -3.10. The van der Waals surface area contributed by atoms with Crippen molar-refractivity contribution in [1.82, 2.24) is 23.6 Å². The second-order valence-electron chi connectivity index (χ2n) is 10.3. The molecule has 2 aliphatic rings. The molecular formula is C26H39N7O4. The van der Waals surface area contributed by atoms with Gasteiger partial charge in [-0.15, -0.1) is 5.92 Å². The number of hydrogen-bond acceptors (Lipinski definition) is 8. The van der Waals surface area contributed by atoms with Crippen LogP contribution in [0.15, 0.2) is 9.59 Å². The number of aryl methyl sites for hydroxylation is 1. The molecule has 11 nitrogen and oxygen atoms in total. The first kappa shape index (κ1) is 26.9. The fourth-order valence-electron chi connectivity index (χ4n) is 5.25. The topological polar surface area (TPSA) is 121 Å². The molecule has 0 unspecified atom stereocenters. The molecular weight excluding hydrogens is 474 g/mol. The third-order valence-corrected chi connectivity index (χ3v) is 7.26. The minimum absolute atomic E-state index is 0.0527. The number of nitrogens with two attached hydrogens (primary N) is 1. The molecule has 0 radical (unpaired) electrons. The zero-order valence-corrected chi connectivity index (χ0v) is 22.4. The summed E-state index contributed by atoms with van der Waals surface area (Å²) in [6.45, 7) is 9.86. The van der Waals surface area contributed by atoms with Crippen LogP contribution in [0.3, 0.4) is 0 Å². The van der Waals surface area contributed by atoms with Gasteiger partial charge in [-0.3, -0.25) is 23.3 Å². The molecule has 0 saturated carbocycles. The molecule has 1 atom stereocenters. The lowest BCUT2D eigenvalue weighted by atomic mass is 9.97. The molecule has 202 valence electrons. The predicted octanol–water partition coefficient (Wildman–Crippen LogP) is 0.511. The standard InChI is InChI=1S/C26H39N7O4/c1-5-6-12-32-21-22(28-25(32)31-16-10-20(27)17-31)29(4)26(36)33(23(21)34)13-7-11-30-14-8-19(9-15-30)24(35)37-18(2)3/h18-20H,7-17,27H2,1-4H3/t20-/m1/s1. The second-order valence-corrected chi connectivity index (χ2v) is 10.3. The number of likely N-dealkylation sites (tertiary alicyclic amines) is 1. The molecule has 4 rings (SSSR count). The molecule has 2 fully saturated rings. The number of aromatic nitrogens is 4. The SMILES string of the molecule is CC#CCn1c(N2CC[C@@H](N)C2)nc2c1c(=O)n(CCCN1CCC(C(=O)OC(C)C)CC1)c(=O)n2C. The van der Waals surface area contributed by atoms with E-state index in [0.717, 1.165) is 45.4 Å². The molecule has 0 aliphatic carbocycles. The maximum absolute atomic E-state index is 13.6. The number of imidazole rings is 1. The van der Waals surface area contributed by atoms with Crippen molar-refractivity contribution in [3.63, 3.8) is 0 Å². The number of hydrogen-bond donors (Lipinski definition) is 1. The number of ether oxygens (including phenoxy) is 1. The monoisotopic (exact) mass is 513 g/mol. The number of piperidine rings is 1. The molecule has 0 spiro atoms. The molecule has 2 aliphatic heterocycles. The fraction of sp³-hybridized carbons (Fsp3) is 0.692. The van der Waals surface area contributed by atoms with Gasteiger partial charge < -0.3 is 20.3 Å². The van der Waals surface area contributed by atoms with Crippen LogP contribution in [0.4, 0.5) is 5.95 Å². The summed E-state index contributed by atoms with van der Waals surface area (Å²) < 4.78 is 9.94. The molecule has 0 amide bonds. The lowest BCUT2D eigenvalue weighted by Gasteiger charge is -2.31. The molecule has 11 heteroatoms. The van der Waals surface area contributed by atoms with Crippen molar-refractivity contribution in [2.45, 2.75) is 71.7 Å². The second kappa shape index (κ2) is 11.5. The van der Waals surface area contributed by atoms with Gasteiger partial charge in [-0.1, -0.05) is 5.92 Å². The molecule has 2 N–H and O–H groups in total. The average molecular weight is 514 g/mol. The number of carbonyl (C=O) groups excluding carboxylic acids is 1. The molecule has 2 saturated heterocycles.